The molecule has 0 atom stereocenters. The summed E-state index contributed by atoms with van der Waals surface area (Å²) in [5.74, 6) is 0.886. The van der Waals surface area contributed by atoms with Crippen molar-refractivity contribution in [2.45, 2.75) is 0 Å². The van der Waals surface area contributed by atoms with Crippen LogP contribution in [0.25, 0.3) is 5.82 Å². The van der Waals surface area contributed by atoms with E-state index in [4.69, 9.17) is 17.0 Å². The van der Waals surface area contributed by atoms with Gasteiger partial charge in [-0.3, -0.25) is 5.41 Å². The molecule has 0 aliphatic carbocycles. The van der Waals surface area contributed by atoms with Crippen LogP contribution in [0.5, 0.6) is 0 Å². The van der Waals surface area contributed by atoms with E-state index >= 15 is 0 Å². The van der Waals surface area contributed by atoms with Crippen LogP contribution in [0.1, 0.15) is 0 Å². The fourth-order valence-electron chi connectivity index (χ4n) is 1.26. The average molecular weight is 265 g/mol. The molecule has 0 saturated carbocycles. The van der Waals surface area contributed by atoms with Crippen LogP contribution in [0.4, 0.5) is 5.82 Å². The summed E-state index contributed by atoms with van der Waals surface area (Å²) in [6, 6.07) is 0. The van der Waals surface area contributed by atoms with E-state index in [0.717, 1.165) is 6.34 Å². The minimum absolute atomic E-state index is 0.321. The Morgan fingerprint density at radius 3 is 2.94 bits per heavy atom. The van der Waals surface area contributed by atoms with Crippen molar-refractivity contribution >= 4 is 30.1 Å². The highest BCUT2D eigenvalue weighted by Crippen LogP contribution is 2.25. The largest absolute Gasteiger partial charge is 0.319 e. The molecule has 0 bridgehead atoms. The van der Waals surface area contributed by atoms with E-state index in [0.29, 0.717) is 16.7 Å². The first kappa shape index (κ1) is 12.1. The second-order valence-electron chi connectivity index (χ2n) is 3.18. The van der Waals surface area contributed by atoms with Gasteiger partial charge in [0.25, 0.3) is 0 Å². The van der Waals surface area contributed by atoms with Crippen LogP contribution >= 0.6 is 11.6 Å². The Morgan fingerprint density at radius 1 is 1.44 bits per heavy atom. The van der Waals surface area contributed by atoms with E-state index in [-0.39, 0.29) is 0 Å². The van der Waals surface area contributed by atoms with Gasteiger partial charge in [-0.05, 0) is 0 Å². The molecule has 0 aromatic carbocycles. The standard InChI is InChI=1S/C9H9ClN8/c1-17(5-12-2-11)8-7(10)9(15-4-14-8)18-6-13-3-16-18/h2-6,11H,1H3. The summed E-state index contributed by atoms with van der Waals surface area (Å²) in [4.78, 5) is 17.2. The highest BCUT2D eigenvalue weighted by molar-refractivity contribution is 6.34. The fourth-order valence-corrected chi connectivity index (χ4v) is 1.58. The normalized spacial score (nSPS) is 10.8. The van der Waals surface area contributed by atoms with Gasteiger partial charge in [-0.2, -0.15) is 5.10 Å². The molecule has 0 spiro atoms. The Kier molecular flexibility index (Phi) is 3.58. The SMILES string of the molecule is CN(C=NC=N)c1ncnc(-n2cncn2)c1Cl. The highest BCUT2D eigenvalue weighted by atomic mass is 35.5. The van der Waals surface area contributed by atoms with Crippen LogP contribution in [0.3, 0.4) is 0 Å². The van der Waals surface area contributed by atoms with Crippen LogP contribution in [-0.4, -0.2) is 44.5 Å². The Hall–Kier alpha value is -2.35. The lowest BCUT2D eigenvalue weighted by atomic mass is 10.5. The van der Waals surface area contributed by atoms with Crippen LogP contribution in [0, 0.1) is 5.41 Å². The number of aliphatic imine (C=N–C) groups is 1. The highest BCUT2D eigenvalue weighted by Gasteiger charge is 2.13. The molecule has 0 saturated heterocycles. The molecular weight excluding hydrogens is 256 g/mol. The summed E-state index contributed by atoms with van der Waals surface area (Å²) in [5.41, 5.74) is 0. The van der Waals surface area contributed by atoms with Gasteiger partial charge in [0.15, 0.2) is 11.6 Å². The first-order chi connectivity index (χ1) is 8.74. The molecule has 0 aliphatic rings. The van der Waals surface area contributed by atoms with Gasteiger partial charge in [0, 0.05) is 7.05 Å². The summed E-state index contributed by atoms with van der Waals surface area (Å²) in [6.07, 6.45) is 6.59. The van der Waals surface area contributed by atoms with Crippen molar-refractivity contribution < 1.29 is 0 Å². The number of hydrogen-bond donors (Lipinski definition) is 1. The molecule has 92 valence electrons. The third-order valence-electron chi connectivity index (χ3n) is 2.04. The van der Waals surface area contributed by atoms with Gasteiger partial charge in [0.2, 0.25) is 0 Å². The van der Waals surface area contributed by atoms with E-state index in [9.17, 15) is 0 Å². The molecular formula is C9H9ClN8. The number of halogens is 1. The van der Waals surface area contributed by atoms with Crippen LogP contribution in [0.2, 0.25) is 5.02 Å². The first-order valence-corrected chi connectivity index (χ1v) is 5.22. The predicted octanol–water partition coefficient (Wildman–Crippen LogP) is 0.782. The van der Waals surface area contributed by atoms with Gasteiger partial charge >= 0.3 is 0 Å². The number of hydrogen-bond acceptors (Lipinski definition) is 5. The molecule has 2 heterocycles. The molecule has 0 radical (unpaired) electrons. The van der Waals surface area contributed by atoms with Crippen molar-refractivity contribution in [2.24, 2.45) is 4.99 Å². The number of rotatable bonds is 4. The topological polar surface area (TPSA) is 95.9 Å². The minimum atomic E-state index is 0.321. The molecule has 18 heavy (non-hydrogen) atoms. The second-order valence-corrected chi connectivity index (χ2v) is 3.56. The second kappa shape index (κ2) is 5.32. The minimum Gasteiger partial charge on any atom is -0.319 e. The molecule has 2 aromatic heterocycles. The van der Waals surface area contributed by atoms with Crippen molar-refractivity contribution in [3.63, 3.8) is 0 Å². The molecule has 9 heteroatoms. The van der Waals surface area contributed by atoms with Crippen LogP contribution < -0.4 is 4.90 Å². The maximum Gasteiger partial charge on any atom is 0.179 e. The lowest BCUT2D eigenvalue weighted by molar-refractivity contribution is 0.837. The lowest BCUT2D eigenvalue weighted by Gasteiger charge is -2.14. The molecule has 0 aliphatic heterocycles. The maximum absolute atomic E-state index is 6.83. The quantitative estimate of drug-likeness (QED) is 0.650. The fraction of sp³-hybridized carbons (Fsp3) is 0.111. The van der Waals surface area contributed by atoms with E-state index in [1.54, 1.807) is 11.9 Å². The zero-order chi connectivity index (χ0) is 13.0. The van der Waals surface area contributed by atoms with Crippen molar-refractivity contribution in [3.05, 3.63) is 24.0 Å². The van der Waals surface area contributed by atoms with Crippen LogP contribution in [0.15, 0.2) is 24.0 Å². The Labute approximate surface area is 107 Å². The molecule has 8 nitrogen and oxygen atoms in total. The first-order valence-electron chi connectivity index (χ1n) is 4.84. The van der Waals surface area contributed by atoms with Crippen molar-refractivity contribution in [1.82, 2.24) is 24.7 Å². The van der Waals surface area contributed by atoms with Crippen molar-refractivity contribution in [1.29, 1.82) is 5.41 Å². The number of anilines is 1. The van der Waals surface area contributed by atoms with Crippen molar-refractivity contribution in [3.8, 4) is 5.82 Å². The predicted molar refractivity (Wildman–Crippen MR) is 67.6 cm³/mol. The average Bonchev–Trinajstić information content (AvgIpc) is 2.90. The van der Waals surface area contributed by atoms with Gasteiger partial charge in [-0.15, -0.1) is 0 Å². The monoisotopic (exact) mass is 264 g/mol. The van der Waals surface area contributed by atoms with Gasteiger partial charge in [0.1, 0.15) is 30.3 Å². The summed E-state index contributed by atoms with van der Waals surface area (Å²) in [6.45, 7) is 0. The Bertz CT molecular complexity index is 564. The molecule has 2 aromatic rings. The third-order valence-corrected chi connectivity index (χ3v) is 2.37. The Balaban J connectivity index is 2.42. The van der Waals surface area contributed by atoms with Gasteiger partial charge in [-0.25, -0.2) is 24.6 Å². The van der Waals surface area contributed by atoms with Crippen LogP contribution in [-0.2, 0) is 0 Å². The summed E-state index contributed by atoms with van der Waals surface area (Å²) in [7, 11) is 1.71. The zero-order valence-electron chi connectivity index (χ0n) is 9.40. The zero-order valence-corrected chi connectivity index (χ0v) is 10.2. The van der Waals surface area contributed by atoms with Gasteiger partial charge < -0.3 is 4.90 Å². The van der Waals surface area contributed by atoms with Crippen molar-refractivity contribution in [2.75, 3.05) is 11.9 Å². The van der Waals surface area contributed by atoms with Gasteiger partial charge in [-0.1, -0.05) is 11.6 Å². The molecule has 0 unspecified atom stereocenters. The number of nitrogens with one attached hydrogen (secondary N) is 1. The maximum atomic E-state index is 6.83. The lowest BCUT2D eigenvalue weighted by Crippen LogP contribution is -2.17. The van der Waals surface area contributed by atoms with E-state index in [1.807, 2.05) is 0 Å². The van der Waals surface area contributed by atoms with E-state index < -0.39 is 0 Å². The van der Waals surface area contributed by atoms with E-state index in [2.05, 4.69) is 25.0 Å². The summed E-state index contributed by atoms with van der Waals surface area (Å²) in [5, 5.41) is 11.1. The van der Waals surface area contributed by atoms with Gasteiger partial charge in [0.05, 0.1) is 6.34 Å². The molecule has 0 amide bonds. The molecule has 2 rings (SSSR count). The smallest absolute Gasteiger partial charge is 0.179 e. The summed E-state index contributed by atoms with van der Waals surface area (Å²) < 4.78 is 1.44. The Morgan fingerprint density at radius 2 is 2.28 bits per heavy atom. The van der Waals surface area contributed by atoms with E-state index in [1.165, 1.54) is 30.0 Å². The number of nitrogens with zero attached hydrogens (tertiary/aromatic N) is 7. The molecule has 1 N–H and O–H groups in total. The number of aromatic nitrogens is 5. The summed E-state index contributed by atoms with van der Waals surface area (Å²) >= 11 is 6.20. The third kappa shape index (κ3) is 2.33. The molecule has 0 fully saturated rings.